The fraction of sp³-hybridized carbons (Fsp3) is 0.211. The normalized spacial score (nSPS) is 15.0. The molecule has 24 heavy (non-hydrogen) atoms. The van der Waals surface area contributed by atoms with Crippen molar-refractivity contribution in [1.29, 1.82) is 0 Å². The van der Waals surface area contributed by atoms with Crippen LogP contribution >= 0.6 is 11.6 Å². The molecule has 0 bridgehead atoms. The van der Waals surface area contributed by atoms with Gasteiger partial charge < -0.3 is 9.64 Å². The molecule has 0 N–H and O–H groups in total. The van der Waals surface area contributed by atoms with Gasteiger partial charge in [0.25, 0.3) is 0 Å². The van der Waals surface area contributed by atoms with Crippen molar-refractivity contribution in [3.05, 3.63) is 70.5 Å². The van der Waals surface area contributed by atoms with Crippen LogP contribution in [0.2, 0.25) is 5.02 Å². The Morgan fingerprint density at radius 2 is 1.96 bits per heavy atom. The van der Waals surface area contributed by atoms with Gasteiger partial charge in [0.15, 0.2) is 5.78 Å². The Bertz CT molecular complexity index is 770. The van der Waals surface area contributed by atoms with Gasteiger partial charge in [0.05, 0.1) is 18.9 Å². The highest BCUT2D eigenvalue weighted by Crippen LogP contribution is 2.22. The third kappa shape index (κ3) is 4.02. The minimum atomic E-state index is -0.390. The number of rotatable bonds is 4. The zero-order valence-corrected chi connectivity index (χ0v) is 13.8. The van der Waals surface area contributed by atoms with Gasteiger partial charge in [-0.05, 0) is 42.0 Å². The van der Waals surface area contributed by atoms with Gasteiger partial charge >= 0.3 is 0 Å². The van der Waals surface area contributed by atoms with Crippen molar-refractivity contribution in [3.63, 3.8) is 0 Å². The lowest BCUT2D eigenvalue weighted by atomic mass is 10.1. The molecule has 1 fully saturated rings. The fourth-order valence-electron chi connectivity index (χ4n) is 2.60. The summed E-state index contributed by atoms with van der Waals surface area (Å²) in [5.41, 5.74) is 1.65. The van der Waals surface area contributed by atoms with Crippen molar-refractivity contribution in [3.8, 4) is 0 Å². The third-order valence-corrected chi connectivity index (χ3v) is 4.09. The lowest BCUT2D eigenvalue weighted by molar-refractivity contribution is 0.104. The molecular formula is C19H17ClFNO2. The standard InChI is InChI=1S/C19H17ClFNO2/c20-16-3-1-2-14(12-16)4-7-19(23)15-5-6-18(17(21)13-15)22-8-10-24-11-9-22/h1-7,12-13H,8-11H2/b7-4+. The van der Waals surface area contributed by atoms with Crippen LogP contribution < -0.4 is 4.90 Å². The highest BCUT2D eigenvalue weighted by Gasteiger charge is 2.16. The minimum Gasteiger partial charge on any atom is -0.378 e. The number of anilines is 1. The van der Waals surface area contributed by atoms with E-state index in [-0.39, 0.29) is 11.6 Å². The number of halogens is 2. The smallest absolute Gasteiger partial charge is 0.185 e. The Balaban J connectivity index is 1.74. The zero-order valence-electron chi connectivity index (χ0n) is 13.0. The molecule has 0 saturated carbocycles. The van der Waals surface area contributed by atoms with E-state index in [9.17, 15) is 9.18 Å². The summed E-state index contributed by atoms with van der Waals surface area (Å²) in [6.07, 6.45) is 3.09. The van der Waals surface area contributed by atoms with Gasteiger partial charge in [0, 0.05) is 23.7 Å². The van der Waals surface area contributed by atoms with Crippen molar-refractivity contribution >= 4 is 29.1 Å². The van der Waals surface area contributed by atoms with Crippen LogP contribution in [-0.2, 0) is 4.74 Å². The van der Waals surface area contributed by atoms with E-state index in [1.165, 1.54) is 12.1 Å². The van der Waals surface area contributed by atoms with Crippen LogP contribution in [0.5, 0.6) is 0 Å². The van der Waals surface area contributed by atoms with Crippen molar-refractivity contribution in [2.24, 2.45) is 0 Å². The summed E-state index contributed by atoms with van der Waals surface area (Å²) < 4.78 is 19.6. The Morgan fingerprint density at radius 3 is 2.67 bits per heavy atom. The molecule has 1 heterocycles. The quantitative estimate of drug-likeness (QED) is 0.614. The SMILES string of the molecule is O=C(/C=C/c1cccc(Cl)c1)c1ccc(N2CCOCC2)c(F)c1. The number of allylic oxidation sites excluding steroid dienone is 1. The summed E-state index contributed by atoms with van der Waals surface area (Å²) in [5, 5.41) is 0.602. The molecule has 5 heteroatoms. The molecule has 1 saturated heterocycles. The van der Waals surface area contributed by atoms with Crippen LogP contribution in [0.4, 0.5) is 10.1 Å². The predicted octanol–water partition coefficient (Wildman–Crippen LogP) is 4.21. The molecule has 1 aliphatic rings. The molecule has 0 amide bonds. The van der Waals surface area contributed by atoms with Crippen molar-refractivity contribution in [2.75, 3.05) is 31.2 Å². The molecule has 0 atom stereocenters. The molecule has 0 radical (unpaired) electrons. The molecule has 0 aromatic heterocycles. The van der Waals surface area contributed by atoms with Gasteiger partial charge in [0.1, 0.15) is 5.82 Å². The highest BCUT2D eigenvalue weighted by molar-refractivity contribution is 6.30. The molecule has 1 aliphatic heterocycles. The number of hydrogen-bond acceptors (Lipinski definition) is 3. The number of ether oxygens (including phenoxy) is 1. The lowest BCUT2D eigenvalue weighted by Crippen LogP contribution is -2.36. The highest BCUT2D eigenvalue weighted by atomic mass is 35.5. The Hall–Kier alpha value is -2.17. The second-order valence-corrected chi connectivity index (χ2v) is 5.95. The average molecular weight is 346 g/mol. The minimum absolute atomic E-state index is 0.248. The number of morpholine rings is 1. The summed E-state index contributed by atoms with van der Waals surface area (Å²) in [5.74, 6) is -0.638. The molecule has 0 aliphatic carbocycles. The fourth-order valence-corrected chi connectivity index (χ4v) is 2.80. The third-order valence-electron chi connectivity index (χ3n) is 3.86. The van der Waals surface area contributed by atoms with E-state index in [4.69, 9.17) is 16.3 Å². The zero-order chi connectivity index (χ0) is 16.9. The van der Waals surface area contributed by atoms with E-state index >= 15 is 0 Å². The van der Waals surface area contributed by atoms with E-state index in [1.807, 2.05) is 17.0 Å². The Kier molecular flexibility index (Phi) is 5.28. The topological polar surface area (TPSA) is 29.5 Å². The van der Waals surface area contributed by atoms with Crippen LogP contribution in [0.1, 0.15) is 15.9 Å². The maximum Gasteiger partial charge on any atom is 0.185 e. The van der Waals surface area contributed by atoms with Gasteiger partial charge in [-0.3, -0.25) is 4.79 Å². The van der Waals surface area contributed by atoms with Crippen LogP contribution in [0, 0.1) is 5.82 Å². The second-order valence-electron chi connectivity index (χ2n) is 5.52. The van der Waals surface area contributed by atoms with Gasteiger partial charge in [-0.15, -0.1) is 0 Å². The molecular weight excluding hydrogens is 329 g/mol. The van der Waals surface area contributed by atoms with Crippen LogP contribution in [0.15, 0.2) is 48.5 Å². The van der Waals surface area contributed by atoms with E-state index < -0.39 is 0 Å². The first-order valence-electron chi connectivity index (χ1n) is 7.74. The molecule has 2 aromatic carbocycles. The number of nitrogens with zero attached hydrogens (tertiary/aromatic N) is 1. The van der Waals surface area contributed by atoms with E-state index in [2.05, 4.69) is 0 Å². The van der Waals surface area contributed by atoms with Crippen molar-refractivity contribution < 1.29 is 13.9 Å². The molecule has 2 aromatic rings. The average Bonchev–Trinajstić information content (AvgIpc) is 2.60. The number of carbonyl (C=O) groups is 1. The predicted molar refractivity (Wildman–Crippen MR) is 94.2 cm³/mol. The van der Waals surface area contributed by atoms with Gasteiger partial charge in [-0.25, -0.2) is 4.39 Å². The van der Waals surface area contributed by atoms with Crippen LogP contribution in [-0.4, -0.2) is 32.1 Å². The van der Waals surface area contributed by atoms with Gasteiger partial charge in [0.2, 0.25) is 0 Å². The molecule has 124 valence electrons. The summed E-state index contributed by atoms with van der Waals surface area (Å²) in [6.45, 7) is 2.47. The first-order valence-corrected chi connectivity index (χ1v) is 8.11. The van der Waals surface area contributed by atoms with Crippen molar-refractivity contribution in [2.45, 2.75) is 0 Å². The maximum absolute atomic E-state index is 14.3. The first kappa shape index (κ1) is 16.7. The maximum atomic E-state index is 14.3. The molecule has 0 unspecified atom stereocenters. The number of ketones is 1. The van der Waals surface area contributed by atoms with E-state index in [0.29, 0.717) is 42.6 Å². The van der Waals surface area contributed by atoms with E-state index in [1.54, 1.807) is 30.3 Å². The Labute approximate surface area is 145 Å². The van der Waals surface area contributed by atoms with Gasteiger partial charge in [-0.2, -0.15) is 0 Å². The second kappa shape index (κ2) is 7.60. The molecule has 3 nitrogen and oxygen atoms in total. The summed E-state index contributed by atoms with van der Waals surface area (Å²) in [7, 11) is 0. The molecule has 3 rings (SSSR count). The Morgan fingerprint density at radius 1 is 1.17 bits per heavy atom. The summed E-state index contributed by atoms with van der Waals surface area (Å²) in [4.78, 5) is 14.1. The van der Waals surface area contributed by atoms with Crippen LogP contribution in [0.3, 0.4) is 0 Å². The summed E-state index contributed by atoms with van der Waals surface area (Å²) >= 11 is 5.91. The number of benzene rings is 2. The molecule has 0 spiro atoms. The first-order chi connectivity index (χ1) is 11.6. The largest absolute Gasteiger partial charge is 0.378 e. The van der Waals surface area contributed by atoms with Crippen molar-refractivity contribution in [1.82, 2.24) is 0 Å². The lowest BCUT2D eigenvalue weighted by Gasteiger charge is -2.29. The number of hydrogen-bond donors (Lipinski definition) is 0. The summed E-state index contributed by atoms with van der Waals surface area (Å²) in [6, 6.07) is 11.8. The van der Waals surface area contributed by atoms with Crippen LogP contribution in [0.25, 0.3) is 6.08 Å². The van der Waals surface area contributed by atoms with Gasteiger partial charge in [-0.1, -0.05) is 29.8 Å². The monoisotopic (exact) mass is 345 g/mol. The number of carbonyl (C=O) groups excluding carboxylic acids is 1. The van der Waals surface area contributed by atoms with E-state index in [0.717, 1.165) is 5.56 Å².